The first-order valence-electron chi connectivity index (χ1n) is 12.0. The van der Waals surface area contributed by atoms with Gasteiger partial charge in [-0.05, 0) is 63.6 Å². The lowest BCUT2D eigenvalue weighted by Crippen LogP contribution is -2.29. The van der Waals surface area contributed by atoms with Gasteiger partial charge in [0.15, 0.2) is 0 Å². The molecule has 43 heavy (non-hydrogen) atoms. The number of carbonyl (C=O) groups is 1. The number of nitro groups is 1. The van der Waals surface area contributed by atoms with Gasteiger partial charge in [-0.2, -0.15) is 28.1 Å². The SMILES string of the molecule is CCNc1nc(Cl)nc(NC(C)(C)C)n1.CS(=O)(=O)NC(=O)c1cc(Oc2ccc(C(F)(F)F)cc2Cl)ccc1[N+](=O)[O-]. The number of nitrogens with one attached hydrogen (secondary N) is 3. The summed E-state index contributed by atoms with van der Waals surface area (Å²) in [5, 5.41) is 17.0. The lowest BCUT2D eigenvalue weighted by Gasteiger charge is -2.20. The Morgan fingerprint density at radius 1 is 1.05 bits per heavy atom. The van der Waals surface area contributed by atoms with Gasteiger partial charge < -0.3 is 15.4 Å². The summed E-state index contributed by atoms with van der Waals surface area (Å²) in [5.74, 6) is -0.704. The molecule has 0 aliphatic carbocycles. The zero-order chi connectivity index (χ0) is 32.8. The highest BCUT2D eigenvalue weighted by molar-refractivity contribution is 7.89. The minimum absolute atomic E-state index is 0.103. The standard InChI is InChI=1S/C15H10ClF3N2O6S.C9H16ClN5/c1-28(25,26)20-14(22)10-7-9(3-4-12(10)21(23)24)27-13-5-2-8(6-11(13)16)15(17,18)19;1-5-11-7-12-6(10)13-8(14-7)15-9(2,3)4/h2-7H,1H3,(H,20,22);5H2,1-4H3,(H2,11,12,13,14,15). The van der Waals surface area contributed by atoms with Crippen molar-refractivity contribution in [1.82, 2.24) is 19.7 Å². The van der Waals surface area contributed by atoms with Gasteiger partial charge in [0, 0.05) is 24.2 Å². The van der Waals surface area contributed by atoms with Crippen LogP contribution in [0.25, 0.3) is 0 Å². The second kappa shape index (κ2) is 14.0. The highest BCUT2D eigenvalue weighted by Crippen LogP contribution is 2.37. The summed E-state index contributed by atoms with van der Waals surface area (Å²) in [6, 6.07) is 5.09. The van der Waals surface area contributed by atoms with Crippen molar-refractivity contribution in [3.05, 3.63) is 67.9 Å². The molecule has 0 aliphatic heterocycles. The molecule has 1 heterocycles. The number of hydrogen-bond acceptors (Lipinski definition) is 11. The predicted molar refractivity (Wildman–Crippen MR) is 154 cm³/mol. The van der Waals surface area contributed by atoms with Crippen molar-refractivity contribution in [2.24, 2.45) is 0 Å². The molecule has 0 aliphatic rings. The van der Waals surface area contributed by atoms with Gasteiger partial charge in [0.1, 0.15) is 17.1 Å². The van der Waals surface area contributed by atoms with Gasteiger partial charge in [-0.3, -0.25) is 14.9 Å². The number of aromatic nitrogens is 3. The van der Waals surface area contributed by atoms with Crippen LogP contribution in [0.15, 0.2) is 36.4 Å². The van der Waals surface area contributed by atoms with Gasteiger partial charge in [0.2, 0.25) is 27.2 Å². The minimum atomic E-state index is -4.62. The number of ether oxygens (including phenoxy) is 1. The number of benzene rings is 2. The molecule has 3 rings (SSSR count). The van der Waals surface area contributed by atoms with E-state index in [2.05, 4.69) is 25.6 Å². The van der Waals surface area contributed by atoms with E-state index in [4.69, 9.17) is 27.9 Å². The Kier molecular flexibility index (Phi) is 11.5. The topological polar surface area (TPSA) is 178 Å². The third kappa shape index (κ3) is 11.7. The van der Waals surface area contributed by atoms with E-state index in [0.717, 1.165) is 30.8 Å². The van der Waals surface area contributed by atoms with Crippen molar-refractivity contribution in [3.63, 3.8) is 0 Å². The Labute approximate surface area is 254 Å². The number of nitro benzene ring substituents is 1. The van der Waals surface area contributed by atoms with Gasteiger partial charge in [0.25, 0.3) is 11.6 Å². The maximum absolute atomic E-state index is 12.7. The van der Waals surface area contributed by atoms with E-state index in [1.54, 1.807) is 4.72 Å². The van der Waals surface area contributed by atoms with Crippen molar-refractivity contribution in [2.75, 3.05) is 23.4 Å². The van der Waals surface area contributed by atoms with E-state index in [1.165, 1.54) is 0 Å². The summed E-state index contributed by atoms with van der Waals surface area (Å²) >= 11 is 11.5. The van der Waals surface area contributed by atoms with Crippen molar-refractivity contribution in [1.29, 1.82) is 0 Å². The number of amides is 1. The van der Waals surface area contributed by atoms with Crippen LogP contribution >= 0.6 is 23.2 Å². The Balaban J connectivity index is 0.000000362. The van der Waals surface area contributed by atoms with Gasteiger partial charge in [-0.25, -0.2) is 13.1 Å². The Morgan fingerprint density at radius 2 is 1.67 bits per heavy atom. The highest BCUT2D eigenvalue weighted by atomic mass is 35.5. The molecule has 3 N–H and O–H groups in total. The first-order valence-corrected chi connectivity index (χ1v) is 14.6. The zero-order valence-corrected chi connectivity index (χ0v) is 25.5. The molecule has 1 amide bonds. The summed E-state index contributed by atoms with van der Waals surface area (Å²) < 4.78 is 67.2. The lowest BCUT2D eigenvalue weighted by molar-refractivity contribution is -0.385. The van der Waals surface area contributed by atoms with Crippen LogP contribution in [0.2, 0.25) is 10.3 Å². The zero-order valence-electron chi connectivity index (χ0n) is 23.2. The van der Waals surface area contributed by atoms with Crippen molar-refractivity contribution >= 4 is 56.7 Å². The number of rotatable bonds is 8. The fourth-order valence-corrected chi connectivity index (χ4v) is 3.83. The van der Waals surface area contributed by atoms with Gasteiger partial charge in [-0.15, -0.1) is 0 Å². The predicted octanol–water partition coefficient (Wildman–Crippen LogP) is 5.92. The number of sulfonamides is 1. The maximum Gasteiger partial charge on any atom is 0.416 e. The molecule has 13 nitrogen and oxygen atoms in total. The first-order chi connectivity index (χ1) is 19.7. The van der Waals surface area contributed by atoms with E-state index in [1.807, 2.05) is 27.7 Å². The summed E-state index contributed by atoms with van der Waals surface area (Å²) in [5.41, 5.74) is -2.45. The molecule has 0 saturated heterocycles. The molecule has 2 aromatic carbocycles. The molecule has 0 unspecified atom stereocenters. The highest BCUT2D eigenvalue weighted by Gasteiger charge is 2.31. The monoisotopic (exact) mass is 667 g/mol. The summed E-state index contributed by atoms with van der Waals surface area (Å²) in [6.45, 7) is 8.79. The van der Waals surface area contributed by atoms with Crippen LogP contribution in [-0.2, 0) is 16.2 Å². The van der Waals surface area contributed by atoms with E-state index < -0.39 is 48.9 Å². The largest absolute Gasteiger partial charge is 0.456 e. The molecule has 0 fully saturated rings. The molecule has 0 bridgehead atoms. The van der Waals surface area contributed by atoms with Crippen LogP contribution in [0.1, 0.15) is 43.6 Å². The van der Waals surface area contributed by atoms with E-state index in [0.29, 0.717) is 30.3 Å². The van der Waals surface area contributed by atoms with Crippen LogP contribution < -0.4 is 20.1 Å². The van der Waals surface area contributed by atoms with Crippen LogP contribution in [-0.4, -0.2) is 52.5 Å². The maximum atomic E-state index is 12.7. The van der Waals surface area contributed by atoms with Crippen LogP contribution in [0.4, 0.5) is 30.8 Å². The second-order valence-corrected chi connectivity index (χ2v) is 12.0. The fourth-order valence-electron chi connectivity index (χ4n) is 3.01. The molecule has 234 valence electrons. The van der Waals surface area contributed by atoms with Crippen LogP contribution in [0.5, 0.6) is 11.5 Å². The van der Waals surface area contributed by atoms with Crippen LogP contribution in [0, 0.1) is 10.1 Å². The molecule has 1 aromatic heterocycles. The van der Waals surface area contributed by atoms with E-state index in [9.17, 15) is 36.5 Å². The number of carbonyl (C=O) groups excluding carboxylic acids is 1. The quantitative estimate of drug-likeness (QED) is 0.192. The van der Waals surface area contributed by atoms with E-state index >= 15 is 0 Å². The molecule has 0 spiro atoms. The second-order valence-electron chi connectivity index (χ2n) is 9.54. The molecule has 19 heteroatoms. The number of halogens is 5. The molecule has 0 radical (unpaired) electrons. The molecule has 0 atom stereocenters. The normalized spacial score (nSPS) is 11.6. The van der Waals surface area contributed by atoms with Crippen molar-refractivity contribution < 1.29 is 36.0 Å². The molecule has 3 aromatic rings. The summed E-state index contributed by atoms with van der Waals surface area (Å²) in [4.78, 5) is 34.3. The fraction of sp³-hybridized carbons (Fsp3) is 0.333. The van der Waals surface area contributed by atoms with Gasteiger partial charge >= 0.3 is 6.18 Å². The number of nitrogens with zero attached hydrogens (tertiary/aromatic N) is 4. The molecular formula is C24H26Cl2F3N7O6S. The van der Waals surface area contributed by atoms with Crippen molar-refractivity contribution in [3.8, 4) is 11.5 Å². The van der Waals surface area contributed by atoms with Crippen LogP contribution in [0.3, 0.4) is 0 Å². The number of alkyl halides is 3. The smallest absolute Gasteiger partial charge is 0.416 e. The Hall–Kier alpha value is -3.96. The first kappa shape index (κ1) is 35.2. The Morgan fingerprint density at radius 3 is 2.19 bits per heavy atom. The third-order valence-corrected chi connectivity index (χ3v) is 5.62. The van der Waals surface area contributed by atoms with Gasteiger partial charge in [-0.1, -0.05) is 11.6 Å². The average Bonchev–Trinajstić information content (AvgIpc) is 2.82. The Bertz CT molecular complexity index is 1600. The van der Waals surface area contributed by atoms with Gasteiger partial charge in [0.05, 0.1) is 21.8 Å². The molecular weight excluding hydrogens is 642 g/mol. The average molecular weight is 668 g/mol. The lowest BCUT2D eigenvalue weighted by atomic mass is 10.1. The summed E-state index contributed by atoms with van der Waals surface area (Å²) in [7, 11) is -4.00. The van der Waals surface area contributed by atoms with E-state index in [-0.39, 0.29) is 22.3 Å². The number of anilines is 2. The molecule has 0 saturated carbocycles. The minimum Gasteiger partial charge on any atom is -0.456 e. The summed E-state index contributed by atoms with van der Waals surface area (Å²) in [6.07, 6.45) is -3.94. The third-order valence-electron chi connectivity index (χ3n) is 4.60. The number of hydrogen-bond donors (Lipinski definition) is 3. The van der Waals surface area contributed by atoms with Crippen molar-refractivity contribution in [2.45, 2.75) is 39.4 Å².